The molecule has 2 heterocycles. The van der Waals surface area contributed by atoms with Gasteiger partial charge < -0.3 is 0 Å². The van der Waals surface area contributed by atoms with E-state index in [1.54, 1.807) is 0 Å². The molecule has 0 atom stereocenters. The van der Waals surface area contributed by atoms with E-state index in [9.17, 15) is 0 Å². The van der Waals surface area contributed by atoms with Crippen LogP contribution in [-0.4, -0.2) is 12.8 Å². The Morgan fingerprint density at radius 1 is 1.30 bits per heavy atom. The summed E-state index contributed by atoms with van der Waals surface area (Å²) in [6, 6.07) is 0. The van der Waals surface area contributed by atoms with Crippen molar-refractivity contribution in [3.8, 4) is 0 Å². The summed E-state index contributed by atoms with van der Waals surface area (Å²) in [6.07, 6.45) is 8.03. The highest BCUT2D eigenvalue weighted by Crippen LogP contribution is 2.18. The molecule has 2 aliphatic heterocycles. The maximum Gasteiger partial charge on any atom is 0.0807 e. The minimum absolute atomic E-state index is 0.791. The number of allylic oxidation sites excluding steroid dienone is 2. The lowest BCUT2D eigenvalue weighted by Crippen LogP contribution is -2.12. The zero-order valence-electron chi connectivity index (χ0n) is 5.75. The number of aliphatic imine (C=N–C) groups is 1. The van der Waals surface area contributed by atoms with Gasteiger partial charge in [-0.2, -0.15) is 0 Å². The largest absolute Gasteiger partial charge is 0.291 e. The minimum Gasteiger partial charge on any atom is -0.291 e. The third-order valence-electron chi connectivity index (χ3n) is 1.82. The monoisotopic (exact) mass is 133 g/mol. The van der Waals surface area contributed by atoms with E-state index < -0.39 is 0 Å². The summed E-state index contributed by atoms with van der Waals surface area (Å²) in [7, 11) is 0. The van der Waals surface area contributed by atoms with Gasteiger partial charge in [0.05, 0.1) is 12.2 Å². The van der Waals surface area contributed by atoms with Crippen LogP contribution in [0.1, 0.15) is 12.8 Å². The van der Waals surface area contributed by atoms with E-state index in [0.717, 1.165) is 19.4 Å². The SMILES string of the molecule is C1=C[N]C2=C(C1)CC=NC2. The van der Waals surface area contributed by atoms with Crippen LogP contribution in [0.5, 0.6) is 0 Å². The topological polar surface area (TPSA) is 26.5 Å². The second-order valence-corrected chi connectivity index (χ2v) is 2.50. The normalized spacial score (nSPS) is 22.4. The minimum atomic E-state index is 0.791. The van der Waals surface area contributed by atoms with E-state index in [1.165, 1.54) is 11.3 Å². The molecule has 1 radical (unpaired) electrons. The van der Waals surface area contributed by atoms with Gasteiger partial charge in [0, 0.05) is 18.8 Å². The van der Waals surface area contributed by atoms with Gasteiger partial charge >= 0.3 is 0 Å². The Balaban J connectivity index is 2.19. The molecule has 51 valence electrons. The van der Waals surface area contributed by atoms with Crippen LogP contribution in [0, 0.1) is 0 Å². The number of rotatable bonds is 0. The molecule has 0 aromatic heterocycles. The Labute approximate surface area is 60.3 Å². The molecule has 0 saturated carbocycles. The van der Waals surface area contributed by atoms with E-state index in [1.807, 2.05) is 12.4 Å². The molecule has 0 aliphatic carbocycles. The molecule has 2 aliphatic rings. The summed E-state index contributed by atoms with van der Waals surface area (Å²) >= 11 is 0. The fourth-order valence-corrected chi connectivity index (χ4v) is 1.23. The van der Waals surface area contributed by atoms with Gasteiger partial charge in [0.2, 0.25) is 0 Å². The average Bonchev–Trinajstić information content (AvgIpc) is 2.05. The van der Waals surface area contributed by atoms with Crippen LogP contribution in [0.2, 0.25) is 0 Å². The molecular weight excluding hydrogens is 124 g/mol. The summed E-state index contributed by atoms with van der Waals surface area (Å²) in [5.74, 6) is 0. The fraction of sp³-hybridized carbons (Fsp3) is 0.375. The van der Waals surface area contributed by atoms with Crippen molar-refractivity contribution >= 4 is 6.21 Å². The maximum absolute atomic E-state index is 4.24. The van der Waals surface area contributed by atoms with Crippen molar-refractivity contribution in [2.45, 2.75) is 12.8 Å². The number of hydrogen-bond acceptors (Lipinski definition) is 1. The Kier molecular flexibility index (Phi) is 1.31. The summed E-state index contributed by atoms with van der Waals surface area (Å²) < 4.78 is 0. The summed E-state index contributed by atoms with van der Waals surface area (Å²) in [4.78, 5) is 4.15. The Morgan fingerprint density at radius 3 is 3.20 bits per heavy atom. The van der Waals surface area contributed by atoms with Crippen molar-refractivity contribution in [3.05, 3.63) is 23.5 Å². The zero-order chi connectivity index (χ0) is 6.81. The molecule has 0 bridgehead atoms. The summed E-state index contributed by atoms with van der Waals surface area (Å²) in [5.41, 5.74) is 2.63. The summed E-state index contributed by atoms with van der Waals surface area (Å²) in [6.45, 7) is 0.791. The van der Waals surface area contributed by atoms with Crippen molar-refractivity contribution in [2.24, 2.45) is 4.99 Å². The molecular formula is C8H9N2. The van der Waals surface area contributed by atoms with Crippen molar-refractivity contribution in [3.63, 3.8) is 0 Å². The van der Waals surface area contributed by atoms with E-state index >= 15 is 0 Å². The molecule has 0 fully saturated rings. The molecule has 0 amide bonds. The summed E-state index contributed by atoms with van der Waals surface area (Å²) in [5, 5.41) is 4.24. The first kappa shape index (κ1) is 5.71. The molecule has 2 rings (SSSR count). The van der Waals surface area contributed by atoms with Crippen LogP contribution in [-0.2, 0) is 0 Å². The van der Waals surface area contributed by atoms with E-state index in [-0.39, 0.29) is 0 Å². The molecule has 0 unspecified atom stereocenters. The number of dihydropyridines is 1. The van der Waals surface area contributed by atoms with Gasteiger partial charge in [-0.3, -0.25) is 10.3 Å². The Bertz CT molecular complexity index is 179. The van der Waals surface area contributed by atoms with Crippen LogP contribution in [0.3, 0.4) is 0 Å². The van der Waals surface area contributed by atoms with E-state index in [0.29, 0.717) is 0 Å². The highest BCUT2D eigenvalue weighted by Gasteiger charge is 2.10. The first-order valence-corrected chi connectivity index (χ1v) is 3.52. The van der Waals surface area contributed by atoms with Gasteiger partial charge in [0.25, 0.3) is 0 Å². The van der Waals surface area contributed by atoms with Crippen LogP contribution in [0.15, 0.2) is 28.5 Å². The standard InChI is InChI=1S/C8H9N2/c1-2-7-3-5-9-6-8(7)10-4-1/h1,4-5H,2-3,6H2. The second-order valence-electron chi connectivity index (χ2n) is 2.50. The third-order valence-corrected chi connectivity index (χ3v) is 1.82. The molecule has 2 nitrogen and oxygen atoms in total. The molecule has 2 heteroatoms. The predicted molar refractivity (Wildman–Crippen MR) is 40.9 cm³/mol. The molecule has 0 aromatic rings. The maximum atomic E-state index is 4.24. The van der Waals surface area contributed by atoms with Gasteiger partial charge in [-0.15, -0.1) is 0 Å². The van der Waals surface area contributed by atoms with Gasteiger partial charge in [0.15, 0.2) is 0 Å². The molecule has 0 N–H and O–H groups in total. The molecule has 0 aromatic carbocycles. The molecule has 10 heavy (non-hydrogen) atoms. The number of nitrogens with zero attached hydrogens (tertiary/aromatic N) is 2. The molecule has 0 saturated heterocycles. The molecule has 0 spiro atoms. The van der Waals surface area contributed by atoms with Crippen molar-refractivity contribution in [1.29, 1.82) is 0 Å². The highest BCUT2D eigenvalue weighted by atomic mass is 14.9. The first-order valence-electron chi connectivity index (χ1n) is 3.52. The van der Waals surface area contributed by atoms with Crippen molar-refractivity contribution in [1.82, 2.24) is 5.32 Å². The quantitative estimate of drug-likeness (QED) is 0.475. The van der Waals surface area contributed by atoms with Gasteiger partial charge in [-0.05, 0) is 12.0 Å². The average molecular weight is 133 g/mol. The van der Waals surface area contributed by atoms with Gasteiger partial charge in [0.1, 0.15) is 0 Å². The van der Waals surface area contributed by atoms with Gasteiger partial charge in [-0.25, -0.2) is 0 Å². The number of hydrogen-bond donors (Lipinski definition) is 0. The lowest BCUT2D eigenvalue weighted by Gasteiger charge is -2.15. The van der Waals surface area contributed by atoms with Crippen molar-refractivity contribution < 1.29 is 0 Å². The third kappa shape index (κ3) is 0.856. The van der Waals surface area contributed by atoms with E-state index in [2.05, 4.69) is 16.4 Å². The Hall–Kier alpha value is -1.05. The Morgan fingerprint density at radius 2 is 2.30 bits per heavy atom. The highest BCUT2D eigenvalue weighted by molar-refractivity contribution is 5.64. The zero-order valence-corrected chi connectivity index (χ0v) is 5.75. The van der Waals surface area contributed by atoms with E-state index in [4.69, 9.17) is 0 Å². The second kappa shape index (κ2) is 2.29. The first-order chi connectivity index (χ1) is 4.97. The van der Waals surface area contributed by atoms with Crippen molar-refractivity contribution in [2.75, 3.05) is 6.54 Å². The van der Waals surface area contributed by atoms with Crippen LogP contribution in [0.4, 0.5) is 0 Å². The lowest BCUT2D eigenvalue weighted by molar-refractivity contribution is 0.853. The smallest absolute Gasteiger partial charge is 0.0807 e. The fourth-order valence-electron chi connectivity index (χ4n) is 1.23. The van der Waals surface area contributed by atoms with Crippen LogP contribution >= 0.6 is 0 Å². The lowest BCUT2D eigenvalue weighted by atomic mass is 10.0. The van der Waals surface area contributed by atoms with Crippen LogP contribution in [0.25, 0.3) is 0 Å². The van der Waals surface area contributed by atoms with Gasteiger partial charge in [-0.1, -0.05) is 6.08 Å². The predicted octanol–water partition coefficient (Wildman–Crippen LogP) is 1.24. The van der Waals surface area contributed by atoms with Crippen LogP contribution < -0.4 is 5.32 Å².